The molecule has 0 N–H and O–H groups in total. The summed E-state index contributed by atoms with van der Waals surface area (Å²) in [5.41, 5.74) is 1.67. The van der Waals surface area contributed by atoms with Crippen LogP contribution in [0.1, 0.15) is 49.2 Å². The third-order valence-electron chi connectivity index (χ3n) is 6.94. The Hall–Kier alpha value is -3.07. The average Bonchev–Trinajstić information content (AvgIpc) is 3.15. The number of halogens is 1. The topological polar surface area (TPSA) is 78.8 Å². The van der Waals surface area contributed by atoms with Crippen LogP contribution < -0.4 is 0 Å². The van der Waals surface area contributed by atoms with Crippen LogP contribution in [0.2, 0.25) is 0 Å². The summed E-state index contributed by atoms with van der Waals surface area (Å²) in [6, 6.07) is 5.55. The van der Waals surface area contributed by atoms with Crippen LogP contribution in [-0.2, 0) is 33.4 Å². The third-order valence-corrected chi connectivity index (χ3v) is 6.94. The third kappa shape index (κ3) is 5.29. The second-order valence-corrected chi connectivity index (χ2v) is 9.99. The van der Waals surface area contributed by atoms with Gasteiger partial charge in [-0.1, -0.05) is 12.1 Å². The molecule has 1 aliphatic heterocycles. The Kier molecular flexibility index (Phi) is 7.79. The molecule has 3 rings (SSSR count). The summed E-state index contributed by atoms with van der Waals surface area (Å²) in [6.45, 7) is 8.75. The van der Waals surface area contributed by atoms with Gasteiger partial charge in [-0.15, -0.1) is 0 Å². The van der Waals surface area contributed by atoms with Crippen molar-refractivity contribution in [3.05, 3.63) is 52.6 Å². The largest absolute Gasteiger partial charge is 0.336 e. The molecule has 0 spiro atoms. The Morgan fingerprint density at radius 3 is 2.46 bits per heavy atom. The van der Waals surface area contributed by atoms with Gasteiger partial charge in [0, 0.05) is 56.8 Å². The lowest BCUT2D eigenvalue weighted by Crippen LogP contribution is -2.46. The number of likely N-dealkylation sites (tertiary alicyclic amines) is 1. The Bertz CT molecular complexity index is 1130. The van der Waals surface area contributed by atoms with Crippen molar-refractivity contribution in [1.82, 2.24) is 24.5 Å². The maximum atomic E-state index is 14.2. The second kappa shape index (κ2) is 10.3. The van der Waals surface area contributed by atoms with Crippen LogP contribution in [0.5, 0.6) is 0 Å². The minimum Gasteiger partial charge on any atom is -0.336 e. The minimum absolute atomic E-state index is 0.150. The minimum atomic E-state index is -1.44. The zero-order valence-corrected chi connectivity index (χ0v) is 21.8. The molecule has 1 saturated heterocycles. The fraction of sp³-hybridized carbons (Fsp3) is 0.538. The molecule has 0 radical (unpaired) electrons. The summed E-state index contributed by atoms with van der Waals surface area (Å²) in [6.07, 6.45) is -0.374. The fourth-order valence-electron chi connectivity index (χ4n) is 4.71. The molecule has 0 unspecified atom stereocenters. The Labute approximate surface area is 206 Å². The van der Waals surface area contributed by atoms with E-state index in [2.05, 4.69) is 5.10 Å². The van der Waals surface area contributed by atoms with Gasteiger partial charge >= 0.3 is 0 Å². The maximum Gasteiger partial charge on any atom is 0.240 e. The fourth-order valence-corrected chi connectivity index (χ4v) is 4.71. The molecule has 3 amide bonds. The Balaban J connectivity index is 1.99. The van der Waals surface area contributed by atoms with Gasteiger partial charge in [-0.05, 0) is 59.5 Å². The SMILES string of the molecule is Cc1nn(C)c(C)c1CN(C(=O)C[C@@]1(c2cccc(F)c2)CC(=O)N(CCN(C)C)C1=O)C(C)C. The smallest absolute Gasteiger partial charge is 0.240 e. The van der Waals surface area contributed by atoms with Gasteiger partial charge in [-0.2, -0.15) is 5.10 Å². The lowest BCUT2D eigenvalue weighted by Gasteiger charge is -2.33. The van der Waals surface area contributed by atoms with Gasteiger partial charge < -0.3 is 9.80 Å². The number of imide groups is 1. The van der Waals surface area contributed by atoms with E-state index < -0.39 is 17.1 Å². The summed E-state index contributed by atoms with van der Waals surface area (Å²) in [5.74, 6) is -1.56. The highest BCUT2D eigenvalue weighted by molar-refractivity contribution is 6.10. The van der Waals surface area contributed by atoms with Crippen molar-refractivity contribution in [2.75, 3.05) is 27.2 Å². The van der Waals surface area contributed by atoms with Crippen molar-refractivity contribution in [2.24, 2.45) is 7.05 Å². The first-order valence-corrected chi connectivity index (χ1v) is 11.9. The number of aromatic nitrogens is 2. The first-order chi connectivity index (χ1) is 16.4. The molecule has 1 fully saturated rings. The van der Waals surface area contributed by atoms with E-state index in [1.54, 1.807) is 15.6 Å². The van der Waals surface area contributed by atoms with Crippen LogP contribution in [0.25, 0.3) is 0 Å². The standard InChI is InChI=1S/C26H36FN5O3/c1-17(2)32(16-22-18(3)28-30(7)19(22)4)24(34)15-26(20-9-8-10-21(27)13-20)14-23(33)31(25(26)35)12-11-29(5)6/h8-10,13,17H,11-12,14-16H2,1-7H3/t26-/m1/s1. The van der Waals surface area contributed by atoms with E-state index in [9.17, 15) is 18.8 Å². The lowest BCUT2D eigenvalue weighted by molar-refractivity contribution is -0.143. The summed E-state index contributed by atoms with van der Waals surface area (Å²) >= 11 is 0. The normalized spacial score (nSPS) is 18.3. The number of carbonyl (C=O) groups is 3. The average molecular weight is 486 g/mol. The summed E-state index contributed by atoms with van der Waals surface area (Å²) in [5, 5.41) is 4.45. The number of benzene rings is 1. The van der Waals surface area contributed by atoms with E-state index >= 15 is 0 Å². The molecule has 1 atom stereocenters. The number of aryl methyl sites for hydroxylation is 2. The van der Waals surface area contributed by atoms with Crippen molar-refractivity contribution in [1.29, 1.82) is 0 Å². The van der Waals surface area contributed by atoms with Crippen LogP contribution in [-0.4, -0.2) is 75.4 Å². The summed E-state index contributed by atoms with van der Waals surface area (Å²) in [7, 11) is 5.58. The number of hydrogen-bond acceptors (Lipinski definition) is 5. The van der Waals surface area contributed by atoms with Crippen molar-refractivity contribution in [2.45, 2.75) is 58.5 Å². The van der Waals surface area contributed by atoms with Crippen LogP contribution in [0.15, 0.2) is 24.3 Å². The van der Waals surface area contributed by atoms with Crippen molar-refractivity contribution < 1.29 is 18.8 Å². The number of nitrogens with zero attached hydrogens (tertiary/aromatic N) is 5. The van der Waals surface area contributed by atoms with Crippen LogP contribution >= 0.6 is 0 Å². The predicted molar refractivity (Wildman–Crippen MR) is 131 cm³/mol. The summed E-state index contributed by atoms with van der Waals surface area (Å²) < 4.78 is 16.0. The highest BCUT2D eigenvalue weighted by Crippen LogP contribution is 2.41. The predicted octanol–water partition coefficient (Wildman–Crippen LogP) is 2.56. The molecule has 2 aromatic rings. The zero-order chi connectivity index (χ0) is 26.1. The highest BCUT2D eigenvalue weighted by atomic mass is 19.1. The van der Waals surface area contributed by atoms with Crippen LogP contribution in [0, 0.1) is 19.7 Å². The van der Waals surface area contributed by atoms with Crippen LogP contribution in [0.3, 0.4) is 0 Å². The molecule has 1 aromatic carbocycles. The maximum absolute atomic E-state index is 14.2. The molecular formula is C26H36FN5O3. The van der Waals surface area contributed by atoms with Crippen LogP contribution in [0.4, 0.5) is 4.39 Å². The molecule has 9 heteroatoms. The number of hydrogen-bond donors (Lipinski definition) is 0. The van der Waals surface area contributed by atoms with E-state index in [-0.39, 0.29) is 37.2 Å². The Morgan fingerprint density at radius 2 is 1.91 bits per heavy atom. The number of amides is 3. The van der Waals surface area contributed by atoms with Crippen molar-refractivity contribution >= 4 is 17.7 Å². The van der Waals surface area contributed by atoms with Gasteiger partial charge in [-0.3, -0.25) is 24.0 Å². The lowest BCUT2D eigenvalue weighted by atomic mass is 9.75. The summed E-state index contributed by atoms with van der Waals surface area (Å²) in [4.78, 5) is 45.3. The molecule has 0 bridgehead atoms. The highest BCUT2D eigenvalue weighted by Gasteiger charge is 2.54. The Morgan fingerprint density at radius 1 is 1.23 bits per heavy atom. The van der Waals surface area contributed by atoms with Gasteiger partial charge in [0.2, 0.25) is 17.7 Å². The molecule has 0 saturated carbocycles. The second-order valence-electron chi connectivity index (χ2n) is 9.99. The number of likely N-dealkylation sites (N-methyl/N-ethyl adjacent to an activating group) is 1. The van der Waals surface area contributed by atoms with Gasteiger partial charge in [0.1, 0.15) is 5.82 Å². The van der Waals surface area contributed by atoms with E-state index in [0.29, 0.717) is 18.7 Å². The number of rotatable bonds is 9. The van der Waals surface area contributed by atoms with Gasteiger partial charge in [-0.25, -0.2) is 4.39 Å². The molecule has 1 aliphatic rings. The van der Waals surface area contributed by atoms with Gasteiger partial charge in [0.25, 0.3) is 0 Å². The number of carbonyl (C=O) groups excluding carboxylic acids is 3. The molecule has 2 heterocycles. The van der Waals surface area contributed by atoms with E-state index in [4.69, 9.17) is 0 Å². The van der Waals surface area contributed by atoms with Crippen molar-refractivity contribution in [3.63, 3.8) is 0 Å². The molecule has 8 nitrogen and oxygen atoms in total. The van der Waals surface area contributed by atoms with Gasteiger partial charge in [0.05, 0.1) is 11.1 Å². The molecule has 0 aliphatic carbocycles. The first-order valence-electron chi connectivity index (χ1n) is 11.9. The monoisotopic (exact) mass is 485 g/mol. The molecule has 190 valence electrons. The van der Waals surface area contributed by atoms with E-state index in [0.717, 1.165) is 17.0 Å². The quantitative estimate of drug-likeness (QED) is 0.510. The zero-order valence-electron chi connectivity index (χ0n) is 21.8. The van der Waals surface area contributed by atoms with Crippen molar-refractivity contribution in [3.8, 4) is 0 Å². The van der Waals surface area contributed by atoms with E-state index in [1.165, 1.54) is 23.1 Å². The first kappa shape index (κ1) is 26.5. The molecule has 1 aromatic heterocycles. The van der Waals surface area contributed by atoms with Gasteiger partial charge in [0.15, 0.2) is 0 Å². The molecular weight excluding hydrogens is 449 g/mol. The molecule has 35 heavy (non-hydrogen) atoms. The van der Waals surface area contributed by atoms with E-state index in [1.807, 2.05) is 53.7 Å².